The van der Waals surface area contributed by atoms with Crippen LogP contribution in [0.2, 0.25) is 4.44 Å². The first-order valence-corrected chi connectivity index (χ1v) is 31.4. The fourth-order valence-corrected chi connectivity index (χ4v) is 10.6. The van der Waals surface area contributed by atoms with Crippen molar-refractivity contribution in [2.24, 2.45) is 5.92 Å². The molecule has 4 heteroatoms. The Kier molecular flexibility index (Phi) is 10.2. The molecule has 0 atom stereocenters. The average Bonchev–Trinajstić information content (AvgIpc) is 1.83. The van der Waals surface area contributed by atoms with Gasteiger partial charge in [0.15, 0.2) is 0 Å². The Bertz CT molecular complexity index is 109. The van der Waals surface area contributed by atoms with Gasteiger partial charge in [0.25, 0.3) is 0 Å². The molecule has 0 radical (unpaired) electrons. The van der Waals surface area contributed by atoms with Gasteiger partial charge in [0.2, 0.25) is 0 Å². The topological polar surface area (TPSA) is 0 Å². The standard InChI is InChI=1S/C8H17.3HI.Sn/c1-4-5-6-7-8(2)3;;;;/h8H,1,4-7H2,2-3H3;3*1H;/q;;;;+3/p-3. The molecule has 0 N–H and O–H groups in total. The second-order valence-electron chi connectivity index (χ2n) is 3.61. The van der Waals surface area contributed by atoms with Crippen LogP contribution in [-0.4, -0.2) is 6.47 Å². The van der Waals surface area contributed by atoms with Crippen LogP contribution in [0.3, 0.4) is 0 Å². The SMILES string of the molecule is CC(C)CCCC[CH2][Sn]([I])([I])[I]. The van der Waals surface area contributed by atoms with Gasteiger partial charge in [0, 0.05) is 0 Å². The zero-order valence-electron chi connectivity index (χ0n) is 7.75. The molecule has 0 aromatic carbocycles. The predicted molar refractivity (Wildman–Crippen MR) is 85.9 cm³/mol. The second-order valence-corrected chi connectivity index (χ2v) is 87.1. The molecule has 12 heavy (non-hydrogen) atoms. The van der Waals surface area contributed by atoms with E-state index < -0.39 is 6.47 Å². The summed E-state index contributed by atoms with van der Waals surface area (Å²) in [7, 11) is 0. The summed E-state index contributed by atoms with van der Waals surface area (Å²) < 4.78 is 1.55. The third-order valence-corrected chi connectivity index (χ3v) is 15.2. The fourth-order valence-electron chi connectivity index (χ4n) is 1.05. The minimum atomic E-state index is -1.48. The predicted octanol–water partition coefficient (Wildman–Crippen LogP) is 5.45. The van der Waals surface area contributed by atoms with E-state index in [1.54, 1.807) is 4.44 Å². The van der Waals surface area contributed by atoms with Crippen molar-refractivity contribution < 1.29 is 0 Å². The van der Waals surface area contributed by atoms with Crippen molar-refractivity contribution >= 4 is 62.4 Å². The van der Waals surface area contributed by atoms with Gasteiger partial charge >= 0.3 is 112 Å². The van der Waals surface area contributed by atoms with Crippen LogP contribution in [-0.2, 0) is 0 Å². The van der Waals surface area contributed by atoms with Gasteiger partial charge < -0.3 is 0 Å². The minimum absolute atomic E-state index is 0.900. The molecule has 0 nitrogen and oxygen atoms in total. The van der Waals surface area contributed by atoms with Crippen molar-refractivity contribution in [1.82, 2.24) is 0 Å². The van der Waals surface area contributed by atoms with E-state index >= 15 is 0 Å². The number of unbranched alkanes of at least 4 members (excludes halogenated alkanes) is 2. The van der Waals surface area contributed by atoms with E-state index in [1.165, 1.54) is 25.7 Å². The van der Waals surface area contributed by atoms with Gasteiger partial charge in [-0.05, 0) is 0 Å². The third kappa shape index (κ3) is 13.0. The Balaban J connectivity index is 3.12. The molecule has 0 aliphatic heterocycles. The molecule has 0 rings (SSSR count). The van der Waals surface area contributed by atoms with Crippen LogP contribution in [0.5, 0.6) is 0 Å². The van der Waals surface area contributed by atoms with Crippen LogP contribution >= 0.6 is 55.9 Å². The molecule has 0 aromatic heterocycles. The van der Waals surface area contributed by atoms with Crippen LogP contribution in [0, 0.1) is 5.92 Å². The van der Waals surface area contributed by atoms with Crippen LogP contribution < -0.4 is 0 Å². The van der Waals surface area contributed by atoms with E-state index in [0.717, 1.165) is 5.92 Å². The van der Waals surface area contributed by atoms with Crippen molar-refractivity contribution in [3.05, 3.63) is 0 Å². The van der Waals surface area contributed by atoms with Crippen molar-refractivity contribution in [1.29, 1.82) is 0 Å². The summed E-state index contributed by atoms with van der Waals surface area (Å²) in [6, 6.07) is 0. The first-order chi connectivity index (χ1) is 5.42. The van der Waals surface area contributed by atoms with E-state index in [0.29, 0.717) is 0 Å². The summed E-state index contributed by atoms with van der Waals surface area (Å²) in [5.74, 6) is 0.900. The van der Waals surface area contributed by atoms with Gasteiger partial charge in [-0.15, -0.1) is 0 Å². The number of rotatable bonds is 6. The monoisotopic (exact) mass is 614 g/mol. The maximum atomic E-state index is 2.73. The van der Waals surface area contributed by atoms with E-state index in [9.17, 15) is 0 Å². The molecule has 0 amide bonds. The molecule has 0 heterocycles. The normalized spacial score (nSPS) is 12.5. The second kappa shape index (κ2) is 8.18. The molecule has 74 valence electrons. The molecule has 0 aliphatic rings. The molecule has 0 saturated carbocycles. The van der Waals surface area contributed by atoms with E-state index in [-0.39, 0.29) is 0 Å². The summed E-state index contributed by atoms with van der Waals surface area (Å²) >= 11 is 8.18. The van der Waals surface area contributed by atoms with Crippen molar-refractivity contribution in [3.8, 4) is 0 Å². The molecule has 0 bridgehead atoms. The number of halogens is 3. The third-order valence-electron chi connectivity index (χ3n) is 1.74. The van der Waals surface area contributed by atoms with Crippen molar-refractivity contribution in [2.75, 3.05) is 0 Å². The van der Waals surface area contributed by atoms with Gasteiger partial charge in [-0.2, -0.15) is 0 Å². The van der Waals surface area contributed by atoms with E-state index in [1.807, 2.05) is 0 Å². The van der Waals surface area contributed by atoms with Gasteiger partial charge in [-0.1, -0.05) is 0 Å². The molecular formula is C8H17I3Sn. The molecule has 0 spiro atoms. The van der Waals surface area contributed by atoms with Crippen molar-refractivity contribution in [2.45, 2.75) is 44.0 Å². The summed E-state index contributed by atoms with van der Waals surface area (Å²) in [5.41, 5.74) is 0. The number of hydrogen-bond donors (Lipinski definition) is 0. The zero-order chi connectivity index (χ0) is 9.61. The molecule has 0 aromatic rings. The first kappa shape index (κ1) is 15.0. The van der Waals surface area contributed by atoms with Crippen LogP contribution in [0.15, 0.2) is 0 Å². The Morgan fingerprint density at radius 1 is 1.00 bits per heavy atom. The van der Waals surface area contributed by atoms with Gasteiger partial charge in [-0.25, -0.2) is 0 Å². The molecule has 0 fully saturated rings. The Labute approximate surface area is 110 Å². The van der Waals surface area contributed by atoms with Crippen molar-refractivity contribution in [3.63, 3.8) is 0 Å². The van der Waals surface area contributed by atoms with E-state index in [2.05, 4.69) is 69.7 Å². The van der Waals surface area contributed by atoms with Gasteiger partial charge in [0.1, 0.15) is 0 Å². The Hall–Kier alpha value is 2.99. The molecule has 0 saturated heterocycles. The van der Waals surface area contributed by atoms with Crippen LogP contribution in [0.4, 0.5) is 0 Å². The average molecular weight is 613 g/mol. The maximum absolute atomic E-state index is 2.73. The molecule has 0 aliphatic carbocycles. The van der Waals surface area contributed by atoms with Gasteiger partial charge in [-0.3, -0.25) is 0 Å². The summed E-state index contributed by atoms with van der Waals surface area (Å²) in [6.07, 6.45) is 5.82. The zero-order valence-corrected chi connectivity index (χ0v) is 17.1. The number of hydrogen-bond acceptors (Lipinski definition) is 0. The van der Waals surface area contributed by atoms with Crippen LogP contribution in [0.1, 0.15) is 39.5 Å². The summed E-state index contributed by atoms with van der Waals surface area (Å²) in [5, 5.41) is 0. The first-order valence-electron chi connectivity index (χ1n) is 4.48. The molecular weight excluding hydrogens is 596 g/mol. The van der Waals surface area contributed by atoms with Gasteiger partial charge in [0.05, 0.1) is 0 Å². The fraction of sp³-hybridized carbons (Fsp3) is 1.00. The van der Waals surface area contributed by atoms with E-state index in [4.69, 9.17) is 0 Å². The Morgan fingerprint density at radius 3 is 2.00 bits per heavy atom. The molecule has 0 unspecified atom stereocenters. The quantitative estimate of drug-likeness (QED) is 0.213. The summed E-state index contributed by atoms with van der Waals surface area (Å²) in [4.78, 5) is 0. The summed E-state index contributed by atoms with van der Waals surface area (Å²) in [6.45, 7) is 3.16. The Morgan fingerprint density at radius 2 is 1.58 bits per heavy atom. The van der Waals surface area contributed by atoms with Crippen LogP contribution in [0.25, 0.3) is 0 Å².